The molecule has 1 aliphatic carbocycles. The van der Waals surface area contributed by atoms with Crippen molar-refractivity contribution in [2.24, 2.45) is 5.92 Å². The van der Waals surface area contributed by atoms with Gasteiger partial charge in [0.1, 0.15) is 0 Å². The Hall–Kier alpha value is -1.95. The molecule has 6 heteroatoms. The number of benzene rings is 1. The molecule has 1 aromatic carbocycles. The molecule has 0 bridgehead atoms. The van der Waals surface area contributed by atoms with E-state index in [-0.39, 0.29) is 5.91 Å². The number of likely N-dealkylation sites (tertiary alicyclic amines) is 1. The quantitative estimate of drug-likeness (QED) is 0.831. The lowest BCUT2D eigenvalue weighted by molar-refractivity contribution is -0.132. The average molecular weight is 356 g/mol. The van der Waals surface area contributed by atoms with E-state index in [0.29, 0.717) is 23.8 Å². The monoisotopic (exact) mass is 356 g/mol. The Morgan fingerprint density at radius 3 is 2.76 bits per heavy atom. The number of hydrogen-bond acceptors (Lipinski definition) is 3. The minimum Gasteiger partial charge on any atom is -0.339 e. The second-order valence-corrected chi connectivity index (χ2v) is 7.64. The Balaban J connectivity index is 1.48. The largest absolute Gasteiger partial charge is 0.339 e. The molecule has 1 aromatic heterocycles. The van der Waals surface area contributed by atoms with E-state index in [2.05, 4.69) is 34.2 Å². The summed E-state index contributed by atoms with van der Waals surface area (Å²) in [5.74, 6) is 1.82. The fourth-order valence-electron chi connectivity index (χ4n) is 3.87. The number of carbonyl (C=O) groups excluding carboxylic acids is 1. The lowest BCUT2D eigenvalue weighted by Crippen LogP contribution is -2.37. The van der Waals surface area contributed by atoms with E-state index in [4.69, 9.17) is 12.2 Å². The normalized spacial score (nSPS) is 20.2. The highest BCUT2D eigenvalue weighted by Crippen LogP contribution is 2.40. The van der Waals surface area contributed by atoms with Crippen LogP contribution < -0.4 is 0 Å². The molecule has 5 nitrogen and oxygen atoms in total. The van der Waals surface area contributed by atoms with Gasteiger partial charge in [0.25, 0.3) is 0 Å². The van der Waals surface area contributed by atoms with Crippen LogP contribution in [-0.4, -0.2) is 38.2 Å². The van der Waals surface area contributed by atoms with Gasteiger partial charge in [0.05, 0.1) is 0 Å². The van der Waals surface area contributed by atoms with Crippen LogP contribution in [0.1, 0.15) is 37.7 Å². The third kappa shape index (κ3) is 3.40. The number of aromatic amines is 1. The van der Waals surface area contributed by atoms with Crippen molar-refractivity contribution in [3.05, 3.63) is 34.6 Å². The summed E-state index contributed by atoms with van der Waals surface area (Å²) in [6.45, 7) is 3.55. The highest BCUT2D eigenvalue weighted by atomic mass is 32.1. The van der Waals surface area contributed by atoms with Gasteiger partial charge in [-0.15, -0.1) is 0 Å². The number of carbonyl (C=O) groups is 1. The number of aromatic nitrogens is 3. The summed E-state index contributed by atoms with van der Waals surface area (Å²) < 4.78 is 2.52. The van der Waals surface area contributed by atoms with Crippen molar-refractivity contribution in [1.82, 2.24) is 19.7 Å². The van der Waals surface area contributed by atoms with Crippen LogP contribution in [-0.2, 0) is 11.3 Å². The Morgan fingerprint density at radius 1 is 1.28 bits per heavy atom. The van der Waals surface area contributed by atoms with E-state index in [1.165, 1.54) is 24.8 Å². The zero-order chi connectivity index (χ0) is 17.4. The summed E-state index contributed by atoms with van der Waals surface area (Å²) in [7, 11) is 0. The molecular weight excluding hydrogens is 332 g/mol. The molecule has 2 fully saturated rings. The zero-order valence-corrected chi connectivity index (χ0v) is 15.4. The van der Waals surface area contributed by atoms with Crippen LogP contribution in [0.15, 0.2) is 24.3 Å². The van der Waals surface area contributed by atoms with Crippen LogP contribution in [0.4, 0.5) is 0 Å². The van der Waals surface area contributed by atoms with Crippen molar-refractivity contribution in [3.8, 4) is 11.4 Å². The smallest absolute Gasteiger partial charge is 0.224 e. The Labute approximate surface area is 153 Å². The van der Waals surface area contributed by atoms with Crippen LogP contribution in [0.3, 0.4) is 0 Å². The zero-order valence-electron chi connectivity index (χ0n) is 14.6. The van der Waals surface area contributed by atoms with E-state index in [1.54, 1.807) is 0 Å². The Kier molecular flexibility index (Phi) is 4.46. The summed E-state index contributed by atoms with van der Waals surface area (Å²) in [5.41, 5.74) is 2.22. The van der Waals surface area contributed by atoms with Gasteiger partial charge in [-0.05, 0) is 50.7 Å². The van der Waals surface area contributed by atoms with Crippen LogP contribution >= 0.6 is 12.2 Å². The first-order valence-electron chi connectivity index (χ1n) is 9.15. The highest BCUT2D eigenvalue weighted by Gasteiger charge is 2.39. The standard InChI is InChI=1S/C19H24N4OS/c1-13-4-6-15(7-5-13)18-20-21-19(25)23(18)12-10-17(24)22-11-2-3-16(22)14-8-9-14/h4-7,14,16H,2-3,8-12H2,1H3,(H,21,25). The van der Waals surface area contributed by atoms with Crippen molar-refractivity contribution in [2.75, 3.05) is 6.54 Å². The molecule has 1 atom stereocenters. The fourth-order valence-corrected chi connectivity index (χ4v) is 4.10. The first-order valence-corrected chi connectivity index (χ1v) is 9.56. The number of H-pyrrole nitrogens is 1. The Bertz CT molecular complexity index is 819. The lowest BCUT2D eigenvalue weighted by Gasteiger charge is -2.24. The van der Waals surface area contributed by atoms with Crippen molar-refractivity contribution >= 4 is 18.1 Å². The lowest BCUT2D eigenvalue weighted by atomic mass is 10.1. The summed E-state index contributed by atoms with van der Waals surface area (Å²) in [4.78, 5) is 14.9. The molecule has 1 saturated carbocycles. The van der Waals surface area contributed by atoms with Crippen molar-refractivity contribution in [3.63, 3.8) is 0 Å². The molecule has 2 aliphatic rings. The summed E-state index contributed by atoms with van der Waals surface area (Å²) in [5, 5.41) is 7.24. The van der Waals surface area contributed by atoms with Gasteiger partial charge in [0, 0.05) is 31.1 Å². The van der Waals surface area contributed by atoms with Gasteiger partial charge in [-0.2, -0.15) is 5.10 Å². The van der Waals surface area contributed by atoms with E-state index >= 15 is 0 Å². The molecule has 1 N–H and O–H groups in total. The number of rotatable bonds is 5. The van der Waals surface area contributed by atoms with Gasteiger partial charge in [-0.25, -0.2) is 0 Å². The second kappa shape index (κ2) is 6.75. The molecule has 25 heavy (non-hydrogen) atoms. The number of nitrogens with one attached hydrogen (secondary N) is 1. The van der Waals surface area contributed by atoms with Crippen LogP contribution in [0.25, 0.3) is 11.4 Å². The van der Waals surface area contributed by atoms with Gasteiger partial charge in [0.2, 0.25) is 5.91 Å². The molecule has 2 heterocycles. The predicted octanol–water partition coefficient (Wildman–Crippen LogP) is 3.71. The second-order valence-electron chi connectivity index (χ2n) is 7.25. The molecular formula is C19H24N4OS. The molecule has 0 spiro atoms. The number of amides is 1. The maximum atomic E-state index is 12.7. The SMILES string of the molecule is Cc1ccc(-c2n[nH]c(=S)n2CCC(=O)N2CCCC2C2CC2)cc1. The van der Waals surface area contributed by atoms with E-state index < -0.39 is 0 Å². The first kappa shape index (κ1) is 16.5. The maximum absolute atomic E-state index is 12.7. The minimum absolute atomic E-state index is 0.257. The molecule has 0 radical (unpaired) electrons. The molecule has 1 unspecified atom stereocenters. The third-order valence-corrected chi connectivity index (χ3v) is 5.71. The fraction of sp³-hybridized carbons (Fsp3) is 0.526. The molecule has 2 aromatic rings. The van der Waals surface area contributed by atoms with Crippen LogP contribution in [0, 0.1) is 17.6 Å². The molecule has 132 valence electrons. The summed E-state index contributed by atoms with van der Waals surface area (Å²) >= 11 is 5.38. The van der Waals surface area contributed by atoms with Gasteiger partial charge < -0.3 is 4.90 Å². The van der Waals surface area contributed by atoms with Crippen LogP contribution in [0.2, 0.25) is 0 Å². The van der Waals surface area contributed by atoms with Crippen molar-refractivity contribution in [2.45, 2.75) is 51.6 Å². The predicted molar refractivity (Wildman–Crippen MR) is 99.7 cm³/mol. The number of nitrogens with zero attached hydrogens (tertiary/aromatic N) is 3. The summed E-state index contributed by atoms with van der Waals surface area (Å²) in [6, 6.07) is 8.70. The van der Waals surface area contributed by atoms with E-state index in [0.717, 1.165) is 30.3 Å². The van der Waals surface area contributed by atoms with E-state index in [9.17, 15) is 4.79 Å². The summed E-state index contributed by atoms with van der Waals surface area (Å²) in [6.07, 6.45) is 5.39. The van der Waals surface area contributed by atoms with Gasteiger partial charge in [0.15, 0.2) is 10.6 Å². The molecule has 1 aliphatic heterocycles. The average Bonchev–Trinajstić information content (AvgIpc) is 3.22. The highest BCUT2D eigenvalue weighted by molar-refractivity contribution is 7.71. The molecule has 4 rings (SSSR count). The number of aryl methyl sites for hydroxylation is 1. The van der Waals surface area contributed by atoms with Crippen LogP contribution in [0.5, 0.6) is 0 Å². The third-order valence-electron chi connectivity index (χ3n) is 5.40. The van der Waals surface area contributed by atoms with Gasteiger partial charge >= 0.3 is 0 Å². The van der Waals surface area contributed by atoms with Crippen molar-refractivity contribution < 1.29 is 4.79 Å². The van der Waals surface area contributed by atoms with Crippen molar-refractivity contribution in [1.29, 1.82) is 0 Å². The number of hydrogen-bond donors (Lipinski definition) is 1. The van der Waals surface area contributed by atoms with Gasteiger partial charge in [-0.3, -0.25) is 14.5 Å². The minimum atomic E-state index is 0.257. The van der Waals surface area contributed by atoms with Gasteiger partial charge in [-0.1, -0.05) is 29.8 Å². The topological polar surface area (TPSA) is 53.9 Å². The molecule has 1 saturated heterocycles. The maximum Gasteiger partial charge on any atom is 0.224 e. The van der Waals surface area contributed by atoms with E-state index in [1.807, 2.05) is 16.7 Å². The molecule has 1 amide bonds. The first-order chi connectivity index (χ1) is 12.1. The Morgan fingerprint density at radius 2 is 2.04 bits per heavy atom.